The lowest BCUT2D eigenvalue weighted by Crippen LogP contribution is -2.15. The molecule has 19 heavy (non-hydrogen) atoms. The van der Waals surface area contributed by atoms with Crippen LogP contribution in [0.25, 0.3) is 0 Å². The highest BCUT2D eigenvalue weighted by molar-refractivity contribution is 6.05. The first-order chi connectivity index (χ1) is 9.11. The summed E-state index contributed by atoms with van der Waals surface area (Å²) in [5.74, 6) is 5.48. The number of aryl methyl sites for hydroxylation is 2. The normalized spacial score (nSPS) is 10.1. The van der Waals surface area contributed by atoms with Crippen molar-refractivity contribution in [3.05, 3.63) is 47.4 Å². The molecule has 98 valence electrons. The van der Waals surface area contributed by atoms with Gasteiger partial charge >= 0.3 is 0 Å². The lowest BCUT2D eigenvalue weighted by molar-refractivity contribution is 0.102. The molecule has 0 aliphatic heterocycles. The number of carbonyl (C=O) groups is 1. The maximum absolute atomic E-state index is 12.2. The van der Waals surface area contributed by atoms with E-state index in [1.165, 1.54) is 6.20 Å². The van der Waals surface area contributed by atoms with Crippen molar-refractivity contribution >= 4 is 17.4 Å². The number of nitrogens with two attached hydrogens (primary N) is 1. The van der Waals surface area contributed by atoms with Crippen LogP contribution in [0.4, 0.5) is 11.5 Å². The number of pyridine rings is 2. The fourth-order valence-electron chi connectivity index (χ4n) is 1.72. The monoisotopic (exact) mass is 257 g/mol. The van der Waals surface area contributed by atoms with E-state index in [2.05, 4.69) is 20.7 Å². The second-order valence-corrected chi connectivity index (χ2v) is 4.12. The highest BCUT2D eigenvalue weighted by atomic mass is 16.1. The number of hydrogen-bond donors (Lipinski definition) is 3. The number of aromatic nitrogens is 2. The average molecular weight is 257 g/mol. The highest BCUT2D eigenvalue weighted by Crippen LogP contribution is 2.18. The van der Waals surface area contributed by atoms with E-state index in [-0.39, 0.29) is 5.91 Å². The minimum Gasteiger partial charge on any atom is -0.320 e. The summed E-state index contributed by atoms with van der Waals surface area (Å²) < 4.78 is 0. The predicted molar refractivity (Wildman–Crippen MR) is 73.7 cm³/mol. The summed E-state index contributed by atoms with van der Waals surface area (Å²) in [6.45, 7) is 3.77. The molecule has 0 aromatic carbocycles. The zero-order valence-electron chi connectivity index (χ0n) is 10.8. The van der Waals surface area contributed by atoms with Crippen LogP contribution in [-0.4, -0.2) is 15.9 Å². The van der Waals surface area contributed by atoms with Crippen molar-refractivity contribution in [1.82, 2.24) is 9.97 Å². The molecule has 0 atom stereocenters. The van der Waals surface area contributed by atoms with Crippen LogP contribution in [0.5, 0.6) is 0 Å². The van der Waals surface area contributed by atoms with Gasteiger partial charge in [-0.15, -0.1) is 0 Å². The maximum Gasteiger partial charge on any atom is 0.255 e. The second-order valence-electron chi connectivity index (χ2n) is 4.12. The molecule has 2 rings (SSSR count). The third kappa shape index (κ3) is 2.86. The van der Waals surface area contributed by atoms with E-state index < -0.39 is 0 Å². The van der Waals surface area contributed by atoms with Gasteiger partial charge in [-0.3, -0.25) is 9.78 Å². The predicted octanol–water partition coefficient (Wildman–Crippen LogP) is 1.63. The molecular weight excluding hydrogens is 242 g/mol. The Morgan fingerprint density at radius 2 is 1.95 bits per heavy atom. The fraction of sp³-hybridized carbons (Fsp3) is 0.154. The van der Waals surface area contributed by atoms with Gasteiger partial charge in [0.25, 0.3) is 5.91 Å². The molecule has 6 nitrogen and oxygen atoms in total. The van der Waals surface area contributed by atoms with Crippen molar-refractivity contribution in [2.24, 2.45) is 5.84 Å². The number of anilines is 2. The summed E-state index contributed by atoms with van der Waals surface area (Å²) in [6, 6.07) is 5.05. The average Bonchev–Trinajstić information content (AvgIpc) is 2.43. The van der Waals surface area contributed by atoms with Crippen molar-refractivity contribution in [2.75, 3.05) is 10.7 Å². The van der Waals surface area contributed by atoms with Gasteiger partial charge in [0.15, 0.2) is 0 Å². The van der Waals surface area contributed by atoms with Gasteiger partial charge in [0, 0.05) is 18.0 Å². The van der Waals surface area contributed by atoms with Gasteiger partial charge in [-0.1, -0.05) is 0 Å². The number of rotatable bonds is 3. The van der Waals surface area contributed by atoms with Crippen LogP contribution in [-0.2, 0) is 0 Å². The van der Waals surface area contributed by atoms with Gasteiger partial charge in [0.05, 0.1) is 11.4 Å². The maximum atomic E-state index is 12.2. The zero-order valence-corrected chi connectivity index (χ0v) is 10.8. The van der Waals surface area contributed by atoms with Crippen LogP contribution in [0, 0.1) is 13.8 Å². The fourth-order valence-corrected chi connectivity index (χ4v) is 1.72. The van der Waals surface area contributed by atoms with Gasteiger partial charge in [-0.25, -0.2) is 10.8 Å². The van der Waals surface area contributed by atoms with Crippen LogP contribution in [0.15, 0.2) is 30.6 Å². The van der Waals surface area contributed by atoms with E-state index in [1.807, 2.05) is 19.9 Å². The smallest absolute Gasteiger partial charge is 0.255 e. The molecule has 0 saturated carbocycles. The molecule has 0 aliphatic rings. The van der Waals surface area contributed by atoms with Gasteiger partial charge < -0.3 is 10.7 Å². The Morgan fingerprint density at radius 3 is 2.63 bits per heavy atom. The van der Waals surface area contributed by atoms with Crippen LogP contribution in [0.1, 0.15) is 21.6 Å². The van der Waals surface area contributed by atoms with Gasteiger partial charge in [0.2, 0.25) is 0 Å². The Balaban J connectivity index is 2.25. The number of nitrogen functional groups attached to an aromatic ring is 1. The van der Waals surface area contributed by atoms with E-state index in [4.69, 9.17) is 5.84 Å². The zero-order chi connectivity index (χ0) is 13.8. The molecule has 1 amide bonds. The summed E-state index contributed by atoms with van der Waals surface area (Å²) in [4.78, 5) is 20.3. The quantitative estimate of drug-likeness (QED) is 0.574. The molecule has 0 unspecified atom stereocenters. The number of amides is 1. The molecule has 0 saturated heterocycles. The van der Waals surface area contributed by atoms with Gasteiger partial charge in [-0.2, -0.15) is 0 Å². The summed E-state index contributed by atoms with van der Waals surface area (Å²) in [7, 11) is 0. The molecule has 2 aromatic rings. The lowest BCUT2D eigenvalue weighted by Gasteiger charge is -2.11. The number of nitrogens with zero attached hydrogens (tertiary/aromatic N) is 2. The molecular formula is C13H15N5O. The van der Waals surface area contributed by atoms with Crippen LogP contribution < -0.4 is 16.6 Å². The molecule has 0 spiro atoms. The first-order valence-corrected chi connectivity index (χ1v) is 5.78. The first-order valence-electron chi connectivity index (χ1n) is 5.78. The van der Waals surface area contributed by atoms with Gasteiger partial charge in [-0.05, 0) is 37.6 Å². The minimum absolute atomic E-state index is 0.224. The van der Waals surface area contributed by atoms with E-state index in [0.29, 0.717) is 11.4 Å². The van der Waals surface area contributed by atoms with Gasteiger partial charge in [0.1, 0.15) is 5.82 Å². The third-order valence-corrected chi connectivity index (χ3v) is 2.76. The van der Waals surface area contributed by atoms with Crippen molar-refractivity contribution in [1.29, 1.82) is 0 Å². The van der Waals surface area contributed by atoms with E-state index >= 15 is 0 Å². The number of nitrogens with one attached hydrogen (secondary N) is 2. The van der Waals surface area contributed by atoms with Crippen molar-refractivity contribution in [3.63, 3.8) is 0 Å². The lowest BCUT2D eigenvalue weighted by atomic mass is 10.2. The van der Waals surface area contributed by atoms with Crippen LogP contribution in [0.3, 0.4) is 0 Å². The minimum atomic E-state index is -0.224. The van der Waals surface area contributed by atoms with Crippen LogP contribution in [0.2, 0.25) is 0 Å². The van der Waals surface area contributed by atoms with Crippen molar-refractivity contribution in [2.45, 2.75) is 13.8 Å². The van der Waals surface area contributed by atoms with Crippen molar-refractivity contribution in [3.8, 4) is 0 Å². The Labute approximate surface area is 111 Å². The summed E-state index contributed by atoms with van der Waals surface area (Å²) in [5.41, 5.74) is 5.35. The Kier molecular flexibility index (Phi) is 3.72. The van der Waals surface area contributed by atoms with Crippen LogP contribution >= 0.6 is 0 Å². The summed E-state index contributed by atoms with van der Waals surface area (Å²) >= 11 is 0. The van der Waals surface area contributed by atoms with E-state index in [9.17, 15) is 4.79 Å². The highest BCUT2D eigenvalue weighted by Gasteiger charge is 2.10. The molecule has 0 radical (unpaired) electrons. The Hall–Kier alpha value is -2.47. The summed E-state index contributed by atoms with van der Waals surface area (Å²) in [5, 5.41) is 2.85. The number of carbonyl (C=O) groups excluding carboxylic acids is 1. The molecule has 2 heterocycles. The van der Waals surface area contributed by atoms with Crippen molar-refractivity contribution < 1.29 is 4.79 Å². The Bertz CT molecular complexity index is 591. The Morgan fingerprint density at radius 1 is 1.21 bits per heavy atom. The summed E-state index contributed by atoms with van der Waals surface area (Å²) in [6.07, 6.45) is 3.23. The molecule has 6 heteroatoms. The number of hydrazine groups is 1. The van der Waals surface area contributed by atoms with E-state index in [1.54, 1.807) is 18.3 Å². The molecule has 0 fully saturated rings. The second kappa shape index (κ2) is 5.45. The standard InChI is InChI=1S/C13H15N5O/c1-8-3-5-15-9(2)12(8)17-13(19)10-4-6-16-11(7-10)18-14/h3-7H,14H2,1-2H3,(H,16,18)(H,17,19). The first kappa shape index (κ1) is 13.0. The number of hydrogen-bond acceptors (Lipinski definition) is 5. The molecule has 0 aliphatic carbocycles. The third-order valence-electron chi connectivity index (χ3n) is 2.76. The topological polar surface area (TPSA) is 92.9 Å². The molecule has 0 bridgehead atoms. The molecule has 2 aromatic heterocycles. The largest absolute Gasteiger partial charge is 0.320 e. The SMILES string of the molecule is Cc1ccnc(C)c1NC(=O)c1ccnc(NN)c1. The molecule has 4 N–H and O–H groups in total. The van der Waals surface area contributed by atoms with E-state index in [0.717, 1.165) is 16.9 Å².